The Labute approximate surface area is 429 Å². The van der Waals surface area contributed by atoms with E-state index in [1.54, 1.807) is 0 Å². The third kappa shape index (κ3) is 5.90. The van der Waals surface area contributed by atoms with Crippen molar-refractivity contribution in [2.45, 2.75) is 77.6 Å². The second-order valence-corrected chi connectivity index (χ2v) is 24.1. The normalized spacial score (nSPS) is 14.5. The Morgan fingerprint density at radius 2 is 0.986 bits per heavy atom. The van der Waals surface area contributed by atoms with Crippen LogP contribution in [0.1, 0.15) is 100 Å². The van der Waals surface area contributed by atoms with Crippen molar-refractivity contribution >= 4 is 78.0 Å². The molecule has 9 aromatic carbocycles. The summed E-state index contributed by atoms with van der Waals surface area (Å²) in [5.41, 5.74) is 27.2. The summed E-state index contributed by atoms with van der Waals surface area (Å²) in [5.74, 6) is 0.424. The molecule has 0 fully saturated rings. The number of benzene rings is 9. The maximum absolute atomic E-state index is 2.60. The molecule has 1 spiro atoms. The topological polar surface area (TPSA) is 6.48 Å². The van der Waals surface area contributed by atoms with E-state index in [1.807, 2.05) is 11.3 Å². The van der Waals surface area contributed by atoms with Crippen LogP contribution in [0.15, 0.2) is 194 Å². The lowest BCUT2D eigenvalue weighted by Crippen LogP contribution is -2.60. The summed E-state index contributed by atoms with van der Waals surface area (Å²) in [6, 6.07) is 74.5. The fraction of sp³-hybridized carbons (Fsp3) is 0.176. The molecule has 3 heterocycles. The molecule has 4 heteroatoms. The summed E-state index contributed by atoms with van der Waals surface area (Å²) in [7, 11) is 0. The van der Waals surface area contributed by atoms with Gasteiger partial charge in [-0.15, -0.1) is 11.3 Å². The molecule has 0 saturated carbocycles. The van der Waals surface area contributed by atoms with E-state index in [9.17, 15) is 0 Å². The molecule has 0 saturated heterocycles. The van der Waals surface area contributed by atoms with Crippen LogP contribution < -0.4 is 25.5 Å². The number of thiophene rings is 1. The molecule has 348 valence electrons. The zero-order valence-corrected chi connectivity index (χ0v) is 43.2. The van der Waals surface area contributed by atoms with E-state index in [-0.39, 0.29) is 17.5 Å². The van der Waals surface area contributed by atoms with Crippen LogP contribution in [0.5, 0.6) is 0 Å². The summed E-state index contributed by atoms with van der Waals surface area (Å²) in [6.45, 7) is 19.0. The highest BCUT2D eigenvalue weighted by molar-refractivity contribution is 7.33. The maximum Gasteiger partial charge on any atom is 0.264 e. The van der Waals surface area contributed by atoms with Crippen molar-refractivity contribution in [3.8, 4) is 33.4 Å². The van der Waals surface area contributed by atoms with Gasteiger partial charge in [-0.3, -0.25) is 0 Å². The molecule has 2 nitrogen and oxygen atoms in total. The van der Waals surface area contributed by atoms with Crippen molar-refractivity contribution < 1.29 is 0 Å². The predicted octanol–water partition coefficient (Wildman–Crippen LogP) is 16.7. The third-order valence-corrected chi connectivity index (χ3v) is 17.7. The van der Waals surface area contributed by atoms with Crippen molar-refractivity contribution in [3.05, 3.63) is 233 Å². The van der Waals surface area contributed by atoms with Gasteiger partial charge >= 0.3 is 0 Å². The molecule has 2 aliphatic heterocycles. The van der Waals surface area contributed by atoms with Gasteiger partial charge in [-0.25, -0.2) is 0 Å². The van der Waals surface area contributed by atoms with Gasteiger partial charge < -0.3 is 9.80 Å². The monoisotopic (exact) mass is 944 g/mol. The molecule has 0 atom stereocenters. The standard InChI is InChI=1S/C68H57BN2S/c1-41(2)43-36-55(66(3,4)5)62(56(37-43)67(6,7)8)42-34-35-57-60(38-42)70(44-22-11-9-12-23-44)58-32-21-33-59-63(58)69(57)65-64(71(59)45-24-13-10-14-25-45)50-39-49-48-28-17-20-31-53(48)68(54(49)40-61(50)72-65)51-29-18-15-26-46(51)47-27-16-19-30-52(47)68/h9-41H,1-8H3. The van der Waals surface area contributed by atoms with Crippen molar-refractivity contribution in [2.75, 3.05) is 9.80 Å². The molecule has 0 unspecified atom stereocenters. The number of anilines is 6. The first-order valence-corrected chi connectivity index (χ1v) is 26.7. The summed E-state index contributed by atoms with van der Waals surface area (Å²) in [6.07, 6.45) is 0. The Bertz CT molecular complexity index is 3800. The molecule has 14 rings (SSSR count). The van der Waals surface area contributed by atoms with Crippen LogP contribution in [-0.4, -0.2) is 6.71 Å². The van der Waals surface area contributed by atoms with Gasteiger partial charge in [0.1, 0.15) is 0 Å². The van der Waals surface area contributed by atoms with Crippen LogP contribution in [0.2, 0.25) is 0 Å². The Balaban J connectivity index is 1.07. The number of rotatable bonds is 4. The van der Waals surface area contributed by atoms with E-state index in [0.717, 1.165) is 5.69 Å². The summed E-state index contributed by atoms with van der Waals surface area (Å²) in [5, 5.41) is 1.30. The maximum atomic E-state index is 2.60. The number of para-hydroxylation sites is 2. The van der Waals surface area contributed by atoms with Crippen LogP contribution in [0.25, 0.3) is 43.5 Å². The lowest BCUT2D eigenvalue weighted by molar-refractivity contribution is 0.569. The quantitative estimate of drug-likeness (QED) is 0.162. The lowest BCUT2D eigenvalue weighted by atomic mass is 9.36. The summed E-state index contributed by atoms with van der Waals surface area (Å²) < 4.78 is 2.71. The molecule has 0 N–H and O–H groups in total. The molecular formula is C68H57BN2S. The largest absolute Gasteiger partial charge is 0.311 e. The van der Waals surface area contributed by atoms with E-state index >= 15 is 0 Å². The van der Waals surface area contributed by atoms with Crippen LogP contribution in [-0.2, 0) is 16.2 Å². The SMILES string of the molecule is CC(C)c1cc(C(C)(C)C)c(-c2ccc3c(c2)N(c2ccccc2)c2cccc4c2B3c2sc3cc5c(cc3c2N4c2ccccc2)-c2ccccc2C52c3ccccc3-c3ccccc32)c(C(C)(C)C)c1. The highest BCUT2D eigenvalue weighted by Gasteiger charge is 2.53. The zero-order chi connectivity index (χ0) is 49.0. The van der Waals surface area contributed by atoms with E-state index < -0.39 is 5.41 Å². The first kappa shape index (κ1) is 43.4. The van der Waals surface area contributed by atoms with Crippen molar-refractivity contribution in [1.29, 1.82) is 0 Å². The van der Waals surface area contributed by atoms with E-state index in [1.165, 1.54) is 127 Å². The smallest absolute Gasteiger partial charge is 0.264 e. The van der Waals surface area contributed by atoms with Gasteiger partial charge in [-0.1, -0.05) is 195 Å². The summed E-state index contributed by atoms with van der Waals surface area (Å²) >= 11 is 2.00. The van der Waals surface area contributed by atoms with Crippen LogP contribution in [0.4, 0.5) is 34.1 Å². The number of nitrogens with zero attached hydrogens (tertiary/aromatic N) is 2. The van der Waals surface area contributed by atoms with E-state index in [4.69, 9.17) is 0 Å². The van der Waals surface area contributed by atoms with Crippen molar-refractivity contribution in [1.82, 2.24) is 0 Å². The Morgan fingerprint density at radius 1 is 0.472 bits per heavy atom. The Kier molecular flexibility index (Phi) is 9.23. The Morgan fingerprint density at radius 3 is 1.54 bits per heavy atom. The minimum Gasteiger partial charge on any atom is -0.311 e. The minimum absolute atomic E-state index is 0.00378. The zero-order valence-electron chi connectivity index (χ0n) is 42.4. The lowest BCUT2D eigenvalue weighted by Gasteiger charge is -2.43. The van der Waals surface area contributed by atoms with Gasteiger partial charge in [0.25, 0.3) is 6.71 Å². The van der Waals surface area contributed by atoms with Gasteiger partial charge in [0.15, 0.2) is 0 Å². The molecule has 2 aliphatic carbocycles. The molecule has 4 aliphatic rings. The molecule has 0 radical (unpaired) electrons. The van der Waals surface area contributed by atoms with Crippen molar-refractivity contribution in [2.24, 2.45) is 0 Å². The molecule has 10 aromatic rings. The first-order chi connectivity index (χ1) is 34.8. The number of fused-ring (bicyclic) bond motifs is 16. The van der Waals surface area contributed by atoms with Crippen LogP contribution in [0.3, 0.4) is 0 Å². The van der Waals surface area contributed by atoms with E-state index in [0.29, 0.717) is 5.92 Å². The van der Waals surface area contributed by atoms with Gasteiger partial charge in [0.05, 0.1) is 11.1 Å². The minimum atomic E-state index is -0.414. The number of hydrogen-bond donors (Lipinski definition) is 0. The predicted molar refractivity (Wildman–Crippen MR) is 309 cm³/mol. The molecule has 0 bridgehead atoms. The average Bonchev–Trinajstić information content (AvgIpc) is 4.01. The second kappa shape index (κ2) is 15.3. The van der Waals surface area contributed by atoms with Gasteiger partial charge in [-0.05, 0) is 155 Å². The van der Waals surface area contributed by atoms with Gasteiger partial charge in [-0.2, -0.15) is 0 Å². The van der Waals surface area contributed by atoms with Gasteiger partial charge in [0.2, 0.25) is 0 Å². The Hall–Kier alpha value is -7.40. The fourth-order valence-corrected chi connectivity index (χ4v) is 14.7. The van der Waals surface area contributed by atoms with Crippen LogP contribution >= 0.6 is 11.3 Å². The average molecular weight is 945 g/mol. The second-order valence-electron chi connectivity index (χ2n) is 23.0. The fourth-order valence-electron chi connectivity index (χ4n) is 13.3. The summed E-state index contributed by atoms with van der Waals surface area (Å²) in [4.78, 5) is 5.16. The molecule has 72 heavy (non-hydrogen) atoms. The molecule has 1 aromatic heterocycles. The molecule has 0 amide bonds. The van der Waals surface area contributed by atoms with E-state index in [2.05, 4.69) is 259 Å². The highest BCUT2D eigenvalue weighted by Crippen LogP contribution is 2.64. The molecular weight excluding hydrogens is 888 g/mol. The number of hydrogen-bond acceptors (Lipinski definition) is 3. The van der Waals surface area contributed by atoms with Crippen molar-refractivity contribution in [3.63, 3.8) is 0 Å². The highest BCUT2D eigenvalue weighted by atomic mass is 32.1. The third-order valence-electron chi connectivity index (χ3n) is 16.5. The first-order valence-electron chi connectivity index (χ1n) is 25.9. The van der Waals surface area contributed by atoms with Gasteiger partial charge in [0, 0.05) is 43.3 Å². The van der Waals surface area contributed by atoms with Crippen LogP contribution in [0, 0.1) is 0 Å².